The first-order chi connectivity index (χ1) is 8.85. The zero-order valence-electron chi connectivity index (χ0n) is 10.6. The van der Waals surface area contributed by atoms with Crippen LogP contribution in [0, 0.1) is 5.92 Å². The van der Waals surface area contributed by atoms with Crippen molar-refractivity contribution in [1.29, 1.82) is 0 Å². The second-order valence-corrected chi connectivity index (χ2v) is 5.36. The summed E-state index contributed by atoms with van der Waals surface area (Å²) in [5.41, 5.74) is 2.77. The zero-order chi connectivity index (χ0) is 12.4. The fraction of sp³-hybridized carbons (Fsp3) is 0.467. The van der Waals surface area contributed by atoms with Gasteiger partial charge in [0.05, 0.1) is 5.66 Å². The Morgan fingerprint density at radius 3 is 2.78 bits per heavy atom. The molecule has 1 aromatic heterocycles. The molecule has 1 heterocycles. The highest BCUT2D eigenvalue weighted by Gasteiger charge is 2.14. The molecule has 1 aromatic carbocycles. The molecule has 0 unspecified atom stereocenters. The van der Waals surface area contributed by atoms with E-state index < -0.39 is 0 Å². The van der Waals surface area contributed by atoms with Gasteiger partial charge in [0.25, 0.3) is 0 Å². The van der Waals surface area contributed by atoms with E-state index in [0.29, 0.717) is 5.66 Å². The van der Waals surface area contributed by atoms with E-state index in [2.05, 4.69) is 12.1 Å². The Kier molecular flexibility index (Phi) is 3.42. The third kappa shape index (κ3) is 2.46. The lowest BCUT2D eigenvalue weighted by Crippen LogP contribution is -2.09. The number of hydrogen-bond donors (Lipinski definition) is 1. The molecule has 18 heavy (non-hydrogen) atoms. The molecule has 1 saturated carbocycles. The summed E-state index contributed by atoms with van der Waals surface area (Å²) >= 11 is 0. The molecule has 0 saturated heterocycles. The first-order valence-corrected chi connectivity index (χ1v) is 6.85. The molecule has 0 aliphatic heterocycles. The quantitative estimate of drug-likeness (QED) is 0.838. The molecule has 1 fully saturated rings. The maximum atomic E-state index is 8.95. The molecular formula is C15H18BO2. The van der Waals surface area contributed by atoms with Gasteiger partial charge in [-0.2, -0.15) is 0 Å². The molecule has 93 valence electrons. The van der Waals surface area contributed by atoms with E-state index >= 15 is 0 Å². The van der Waals surface area contributed by atoms with Crippen LogP contribution >= 0.6 is 0 Å². The second kappa shape index (κ2) is 5.19. The normalized spacial score (nSPS) is 17.2. The molecule has 0 bridgehead atoms. The van der Waals surface area contributed by atoms with Crippen molar-refractivity contribution < 1.29 is 9.44 Å². The summed E-state index contributed by atoms with van der Waals surface area (Å²) in [5.74, 6) is 0.854. The van der Waals surface area contributed by atoms with Crippen LogP contribution in [0.5, 0.6) is 0 Å². The predicted octanol–water partition coefficient (Wildman–Crippen LogP) is 2.79. The molecule has 2 aromatic rings. The van der Waals surface area contributed by atoms with E-state index in [4.69, 9.17) is 9.44 Å². The maximum absolute atomic E-state index is 8.95. The predicted molar refractivity (Wildman–Crippen MR) is 74.1 cm³/mol. The summed E-state index contributed by atoms with van der Waals surface area (Å²) in [7, 11) is 1.01. The van der Waals surface area contributed by atoms with E-state index in [1.54, 1.807) is 0 Å². The lowest BCUT2D eigenvalue weighted by molar-refractivity contribution is 0.357. The number of furan rings is 1. The highest BCUT2D eigenvalue weighted by Crippen LogP contribution is 2.27. The average molecular weight is 241 g/mol. The number of hydrogen-bond acceptors (Lipinski definition) is 2. The standard InChI is InChI=1S/C15H18BO2/c17-16-15-10-13-9-12(6-7-14(13)18-15)8-11-4-2-1-3-5-11/h6-7,9-11,17H,1-5,8H2. The number of rotatable bonds is 3. The third-order valence-electron chi connectivity index (χ3n) is 3.98. The molecule has 0 spiro atoms. The molecule has 0 atom stereocenters. The summed E-state index contributed by atoms with van der Waals surface area (Å²) in [5, 5.41) is 10.0. The topological polar surface area (TPSA) is 33.4 Å². The van der Waals surface area contributed by atoms with Crippen LogP contribution in [-0.4, -0.2) is 12.5 Å². The van der Waals surface area contributed by atoms with Gasteiger partial charge in [-0.3, -0.25) is 0 Å². The minimum atomic E-state index is 0.528. The largest absolute Gasteiger partial charge is 0.469 e. The van der Waals surface area contributed by atoms with Crippen LogP contribution in [-0.2, 0) is 6.42 Å². The van der Waals surface area contributed by atoms with Crippen molar-refractivity contribution in [2.75, 3.05) is 0 Å². The molecule has 1 aliphatic carbocycles. The minimum Gasteiger partial charge on any atom is -0.469 e. The van der Waals surface area contributed by atoms with Crippen LogP contribution in [0.1, 0.15) is 37.7 Å². The Labute approximate surface area is 108 Å². The van der Waals surface area contributed by atoms with Gasteiger partial charge in [0.2, 0.25) is 0 Å². The lowest BCUT2D eigenvalue weighted by Gasteiger charge is -2.21. The summed E-state index contributed by atoms with van der Waals surface area (Å²) in [6, 6.07) is 8.25. The molecular weight excluding hydrogens is 223 g/mol. The van der Waals surface area contributed by atoms with E-state index in [9.17, 15) is 0 Å². The van der Waals surface area contributed by atoms with Crippen LogP contribution in [0.4, 0.5) is 0 Å². The number of fused-ring (bicyclic) bond motifs is 1. The molecule has 3 rings (SSSR count). The summed E-state index contributed by atoms with van der Waals surface area (Å²) in [6.07, 6.45) is 8.12. The van der Waals surface area contributed by atoms with Gasteiger partial charge in [-0.1, -0.05) is 38.2 Å². The first kappa shape index (κ1) is 11.9. The van der Waals surface area contributed by atoms with E-state index in [-0.39, 0.29) is 0 Å². The monoisotopic (exact) mass is 241 g/mol. The molecule has 3 heteroatoms. The van der Waals surface area contributed by atoms with E-state index in [0.717, 1.165) is 24.4 Å². The van der Waals surface area contributed by atoms with Crippen molar-refractivity contribution in [3.8, 4) is 0 Å². The van der Waals surface area contributed by atoms with Gasteiger partial charge in [0.1, 0.15) is 5.58 Å². The van der Waals surface area contributed by atoms with Gasteiger partial charge in [0.15, 0.2) is 0 Å². The van der Waals surface area contributed by atoms with Crippen LogP contribution < -0.4 is 5.66 Å². The summed E-state index contributed by atoms with van der Waals surface area (Å²) < 4.78 is 5.46. The Morgan fingerprint density at radius 1 is 1.17 bits per heavy atom. The minimum absolute atomic E-state index is 0.528. The van der Waals surface area contributed by atoms with Gasteiger partial charge >= 0.3 is 7.48 Å². The summed E-state index contributed by atoms with van der Waals surface area (Å²) in [6.45, 7) is 0. The van der Waals surface area contributed by atoms with Gasteiger partial charge < -0.3 is 9.44 Å². The Hall–Kier alpha value is -1.22. The van der Waals surface area contributed by atoms with Crippen molar-refractivity contribution >= 4 is 24.1 Å². The number of benzene rings is 1. The van der Waals surface area contributed by atoms with Crippen LogP contribution in [0.25, 0.3) is 11.0 Å². The van der Waals surface area contributed by atoms with Crippen LogP contribution in [0.2, 0.25) is 0 Å². The molecule has 2 nitrogen and oxygen atoms in total. The fourth-order valence-electron chi connectivity index (χ4n) is 3.03. The molecule has 1 aliphatic rings. The molecule has 1 N–H and O–H groups in total. The van der Waals surface area contributed by atoms with Crippen LogP contribution in [0.3, 0.4) is 0 Å². The van der Waals surface area contributed by atoms with E-state index in [1.807, 2.05) is 12.1 Å². The first-order valence-electron chi connectivity index (χ1n) is 6.85. The average Bonchev–Trinajstić information content (AvgIpc) is 2.82. The van der Waals surface area contributed by atoms with Gasteiger partial charge in [0, 0.05) is 5.39 Å². The molecule has 0 amide bonds. The Morgan fingerprint density at radius 2 is 2.00 bits per heavy atom. The fourth-order valence-corrected chi connectivity index (χ4v) is 3.03. The van der Waals surface area contributed by atoms with Gasteiger partial charge in [-0.25, -0.2) is 0 Å². The smallest absolute Gasteiger partial charge is 0.373 e. The van der Waals surface area contributed by atoms with Gasteiger partial charge in [-0.15, -0.1) is 0 Å². The van der Waals surface area contributed by atoms with Crippen molar-refractivity contribution in [2.45, 2.75) is 38.5 Å². The van der Waals surface area contributed by atoms with Crippen LogP contribution in [0.15, 0.2) is 28.7 Å². The molecule has 1 radical (unpaired) electrons. The zero-order valence-corrected chi connectivity index (χ0v) is 10.6. The van der Waals surface area contributed by atoms with Crippen molar-refractivity contribution in [3.05, 3.63) is 29.8 Å². The van der Waals surface area contributed by atoms with Crippen molar-refractivity contribution in [1.82, 2.24) is 0 Å². The van der Waals surface area contributed by atoms with Crippen molar-refractivity contribution in [3.63, 3.8) is 0 Å². The third-order valence-corrected chi connectivity index (χ3v) is 3.98. The van der Waals surface area contributed by atoms with Crippen molar-refractivity contribution in [2.24, 2.45) is 5.92 Å². The SMILES string of the molecule is O[B]c1cc2cc(CC3CCCCC3)ccc2o1. The highest BCUT2D eigenvalue weighted by molar-refractivity contribution is 6.44. The lowest BCUT2D eigenvalue weighted by atomic mass is 9.85. The highest BCUT2D eigenvalue weighted by atomic mass is 16.3. The second-order valence-electron chi connectivity index (χ2n) is 5.36. The maximum Gasteiger partial charge on any atom is 0.373 e. The summed E-state index contributed by atoms with van der Waals surface area (Å²) in [4.78, 5) is 0. The Bertz CT molecular complexity index is 526. The Balaban J connectivity index is 1.79. The van der Waals surface area contributed by atoms with Gasteiger partial charge in [-0.05, 0) is 36.1 Å². The van der Waals surface area contributed by atoms with E-state index in [1.165, 1.54) is 44.1 Å².